The van der Waals surface area contributed by atoms with E-state index in [1.165, 1.54) is 0 Å². The fraction of sp³-hybridized carbons (Fsp3) is 0. The molecule has 0 saturated heterocycles. The van der Waals surface area contributed by atoms with Crippen LogP contribution in [0.1, 0.15) is 10.5 Å². The van der Waals surface area contributed by atoms with Crippen LogP contribution in [0, 0.1) is 3.57 Å². The number of rotatable bonds is 2. The summed E-state index contributed by atoms with van der Waals surface area (Å²) in [5.41, 5.74) is 0.534. The number of hydrogen-bond acceptors (Lipinski definition) is 2. The van der Waals surface area contributed by atoms with Gasteiger partial charge in [0.25, 0.3) is 5.91 Å². The molecule has 0 unspecified atom stereocenters. The number of carbonyl (C=O) groups is 1. The van der Waals surface area contributed by atoms with Gasteiger partial charge >= 0.3 is 0 Å². The largest absolute Gasteiger partial charge is 0.321 e. The number of aromatic nitrogens is 1. The van der Waals surface area contributed by atoms with E-state index in [-0.39, 0.29) is 25.9 Å². The molecule has 1 N–H and O–H groups in total. The molecule has 0 spiro atoms. The Labute approximate surface area is 148 Å². The summed E-state index contributed by atoms with van der Waals surface area (Å²) in [5.74, 6) is -0.516. The number of nitrogens with one attached hydrogen (secondary N) is 1. The van der Waals surface area contributed by atoms with Crippen LogP contribution in [0.25, 0.3) is 0 Å². The fourth-order valence-corrected chi connectivity index (χ4v) is 2.75. The monoisotopic (exact) mass is 460 g/mol. The summed E-state index contributed by atoms with van der Waals surface area (Å²) in [5, 5.41) is 2.57. The minimum absolute atomic E-state index is 0.00104. The van der Waals surface area contributed by atoms with E-state index in [4.69, 9.17) is 46.4 Å². The molecule has 0 saturated carbocycles. The molecule has 0 aliphatic carbocycles. The lowest BCUT2D eigenvalue weighted by molar-refractivity contribution is 0.102. The highest BCUT2D eigenvalue weighted by Gasteiger charge is 2.20. The van der Waals surface area contributed by atoms with Gasteiger partial charge in [0.15, 0.2) is 0 Å². The Balaban J connectivity index is 2.35. The highest BCUT2D eigenvalue weighted by Crippen LogP contribution is 2.36. The van der Waals surface area contributed by atoms with E-state index in [9.17, 15) is 4.79 Å². The van der Waals surface area contributed by atoms with Gasteiger partial charge in [0.2, 0.25) is 0 Å². The van der Waals surface area contributed by atoms with Crippen LogP contribution in [0.4, 0.5) is 5.69 Å². The first-order valence-corrected chi connectivity index (χ1v) is 7.76. The Morgan fingerprint density at radius 3 is 2.45 bits per heavy atom. The molecule has 1 amide bonds. The molecule has 1 heterocycles. The topological polar surface area (TPSA) is 42.0 Å². The van der Waals surface area contributed by atoms with E-state index in [2.05, 4.69) is 32.9 Å². The Morgan fingerprint density at radius 2 is 1.80 bits per heavy atom. The number of carbonyl (C=O) groups excluding carboxylic acids is 1. The van der Waals surface area contributed by atoms with E-state index in [1.807, 2.05) is 12.1 Å². The standard InChI is InChI=1S/C12H5Cl4IN2O/c13-7-8(14)10(19-11(16)9(7)15)12(20)18-6-3-1-2-5(17)4-6/h1-4H,(H,18,20). The van der Waals surface area contributed by atoms with Crippen molar-refractivity contribution >= 4 is 80.6 Å². The summed E-state index contributed by atoms with van der Waals surface area (Å²) < 4.78 is 0.978. The number of hydrogen-bond donors (Lipinski definition) is 1. The van der Waals surface area contributed by atoms with Crippen LogP contribution < -0.4 is 5.32 Å². The number of nitrogens with zero attached hydrogens (tertiary/aromatic N) is 1. The molecule has 20 heavy (non-hydrogen) atoms. The Bertz CT molecular complexity index is 693. The van der Waals surface area contributed by atoms with Crippen molar-refractivity contribution in [2.24, 2.45) is 0 Å². The summed E-state index contributed by atoms with van der Waals surface area (Å²) in [6.45, 7) is 0. The van der Waals surface area contributed by atoms with Crippen molar-refractivity contribution in [1.29, 1.82) is 0 Å². The molecule has 3 nitrogen and oxygen atoms in total. The maximum absolute atomic E-state index is 12.1. The zero-order valence-corrected chi connectivity index (χ0v) is 14.7. The maximum Gasteiger partial charge on any atom is 0.275 e. The van der Waals surface area contributed by atoms with Crippen molar-refractivity contribution in [3.8, 4) is 0 Å². The predicted octanol–water partition coefficient (Wildman–Crippen LogP) is 5.55. The molecule has 1 aromatic carbocycles. The van der Waals surface area contributed by atoms with Crippen LogP contribution in [0.15, 0.2) is 24.3 Å². The van der Waals surface area contributed by atoms with Gasteiger partial charge in [0.05, 0.1) is 15.1 Å². The van der Waals surface area contributed by atoms with E-state index in [0.717, 1.165) is 3.57 Å². The van der Waals surface area contributed by atoms with Crippen molar-refractivity contribution in [3.05, 3.63) is 53.8 Å². The van der Waals surface area contributed by atoms with Gasteiger partial charge in [-0.05, 0) is 40.8 Å². The van der Waals surface area contributed by atoms with E-state index in [0.29, 0.717) is 5.69 Å². The number of benzene rings is 1. The Morgan fingerprint density at radius 1 is 1.10 bits per heavy atom. The minimum atomic E-state index is -0.516. The SMILES string of the molecule is O=C(Nc1cccc(I)c1)c1nc(Cl)c(Cl)c(Cl)c1Cl. The number of amides is 1. The minimum Gasteiger partial charge on any atom is -0.321 e. The summed E-state index contributed by atoms with van der Waals surface area (Å²) >= 11 is 25.6. The van der Waals surface area contributed by atoms with Gasteiger partial charge < -0.3 is 5.32 Å². The van der Waals surface area contributed by atoms with E-state index in [1.54, 1.807) is 12.1 Å². The molecule has 2 aromatic rings. The van der Waals surface area contributed by atoms with E-state index < -0.39 is 5.91 Å². The molecule has 0 fully saturated rings. The first-order valence-electron chi connectivity index (χ1n) is 5.17. The first kappa shape index (κ1) is 16.1. The first-order chi connectivity index (χ1) is 9.40. The second-order valence-corrected chi connectivity index (χ2v) is 6.40. The van der Waals surface area contributed by atoms with Gasteiger partial charge in [-0.1, -0.05) is 52.5 Å². The van der Waals surface area contributed by atoms with Crippen LogP contribution in [-0.2, 0) is 0 Å². The van der Waals surface area contributed by atoms with Crippen LogP contribution in [0.3, 0.4) is 0 Å². The zero-order valence-electron chi connectivity index (χ0n) is 9.55. The summed E-state index contributed by atoms with van der Waals surface area (Å²) in [7, 11) is 0. The lowest BCUT2D eigenvalue weighted by atomic mass is 10.3. The van der Waals surface area contributed by atoms with Crippen LogP contribution in [-0.4, -0.2) is 10.9 Å². The molecule has 0 aliphatic rings. The third kappa shape index (κ3) is 3.49. The number of halogens is 5. The second-order valence-electron chi connectivity index (χ2n) is 3.66. The quantitative estimate of drug-likeness (QED) is 0.470. The molecular formula is C12H5Cl4IN2O. The van der Waals surface area contributed by atoms with Gasteiger partial charge in [-0.2, -0.15) is 0 Å². The van der Waals surface area contributed by atoms with E-state index >= 15 is 0 Å². The molecule has 2 rings (SSSR count). The van der Waals surface area contributed by atoms with Crippen molar-refractivity contribution in [2.45, 2.75) is 0 Å². The van der Waals surface area contributed by atoms with Crippen LogP contribution in [0.5, 0.6) is 0 Å². The highest BCUT2D eigenvalue weighted by molar-refractivity contribution is 14.1. The smallest absolute Gasteiger partial charge is 0.275 e. The average molecular weight is 462 g/mol. The molecule has 0 atom stereocenters. The average Bonchev–Trinajstić information content (AvgIpc) is 2.40. The summed E-state index contributed by atoms with van der Waals surface area (Å²) in [6, 6.07) is 7.25. The van der Waals surface area contributed by atoms with Crippen LogP contribution >= 0.6 is 69.0 Å². The van der Waals surface area contributed by atoms with Crippen molar-refractivity contribution < 1.29 is 4.79 Å². The fourth-order valence-electron chi connectivity index (χ4n) is 1.39. The lowest BCUT2D eigenvalue weighted by Crippen LogP contribution is -2.15. The molecule has 0 radical (unpaired) electrons. The van der Waals surface area contributed by atoms with Crippen LogP contribution in [0.2, 0.25) is 20.2 Å². The number of pyridine rings is 1. The lowest BCUT2D eigenvalue weighted by Gasteiger charge is -2.09. The normalized spacial score (nSPS) is 10.4. The predicted molar refractivity (Wildman–Crippen MR) is 91.4 cm³/mol. The Hall–Kier alpha value is -0.270. The molecule has 0 aliphatic heterocycles. The molecule has 0 bridgehead atoms. The van der Waals surface area contributed by atoms with Crippen molar-refractivity contribution in [3.63, 3.8) is 0 Å². The second kappa shape index (κ2) is 6.66. The molecule has 1 aromatic heterocycles. The maximum atomic E-state index is 12.1. The summed E-state index contributed by atoms with van der Waals surface area (Å²) in [6.07, 6.45) is 0. The third-order valence-electron chi connectivity index (χ3n) is 2.28. The summed E-state index contributed by atoms with van der Waals surface area (Å²) in [4.78, 5) is 16.0. The van der Waals surface area contributed by atoms with Gasteiger partial charge in [-0.25, -0.2) is 4.98 Å². The van der Waals surface area contributed by atoms with Gasteiger partial charge in [-0.15, -0.1) is 0 Å². The number of anilines is 1. The molecule has 8 heteroatoms. The zero-order chi connectivity index (χ0) is 14.9. The molecule has 104 valence electrons. The Kier molecular flexibility index (Phi) is 5.36. The third-order valence-corrected chi connectivity index (χ3v) is 4.63. The van der Waals surface area contributed by atoms with Crippen molar-refractivity contribution in [1.82, 2.24) is 4.98 Å². The van der Waals surface area contributed by atoms with Crippen molar-refractivity contribution in [2.75, 3.05) is 5.32 Å². The van der Waals surface area contributed by atoms with Gasteiger partial charge in [0, 0.05) is 9.26 Å². The highest BCUT2D eigenvalue weighted by atomic mass is 127. The van der Waals surface area contributed by atoms with Gasteiger partial charge in [-0.3, -0.25) is 4.79 Å². The van der Waals surface area contributed by atoms with Gasteiger partial charge in [0.1, 0.15) is 10.8 Å². The molecular weight excluding hydrogens is 457 g/mol.